The number of carbonyl (C=O) groups is 1. The third kappa shape index (κ3) is 3.98. The molecule has 0 aromatic heterocycles. The van der Waals surface area contributed by atoms with Crippen molar-refractivity contribution < 1.29 is 9.53 Å². The maximum atomic E-state index is 11.9. The SMILES string of the molecule is CC1CCC(OC(=O)[C@H](N)C(C)(C)C)CC1C. The first-order valence-corrected chi connectivity index (χ1v) is 6.68. The second kappa shape index (κ2) is 5.38. The lowest BCUT2D eigenvalue weighted by Crippen LogP contribution is -2.45. The van der Waals surface area contributed by atoms with E-state index in [1.165, 1.54) is 0 Å². The highest BCUT2D eigenvalue weighted by Crippen LogP contribution is 2.31. The Morgan fingerprint density at radius 1 is 1.24 bits per heavy atom. The molecule has 0 spiro atoms. The van der Waals surface area contributed by atoms with Crippen LogP contribution in [-0.2, 0) is 9.53 Å². The van der Waals surface area contributed by atoms with Crippen molar-refractivity contribution in [3.8, 4) is 0 Å². The quantitative estimate of drug-likeness (QED) is 0.756. The minimum atomic E-state index is -0.530. The lowest BCUT2D eigenvalue weighted by Gasteiger charge is -2.33. The zero-order valence-corrected chi connectivity index (χ0v) is 11.8. The second-order valence-corrected chi connectivity index (χ2v) is 6.67. The highest BCUT2D eigenvalue weighted by Gasteiger charge is 2.32. The molecule has 0 bridgehead atoms. The summed E-state index contributed by atoms with van der Waals surface area (Å²) in [6, 6.07) is -0.530. The first-order valence-electron chi connectivity index (χ1n) is 6.68. The number of hydrogen-bond donors (Lipinski definition) is 1. The van der Waals surface area contributed by atoms with Crippen molar-refractivity contribution in [3.63, 3.8) is 0 Å². The molecule has 100 valence electrons. The third-order valence-corrected chi connectivity index (χ3v) is 4.02. The predicted octanol–water partition coefficient (Wildman–Crippen LogP) is 2.73. The van der Waals surface area contributed by atoms with E-state index in [-0.39, 0.29) is 17.5 Å². The summed E-state index contributed by atoms with van der Waals surface area (Å²) in [5, 5.41) is 0. The zero-order chi connectivity index (χ0) is 13.2. The topological polar surface area (TPSA) is 52.3 Å². The summed E-state index contributed by atoms with van der Waals surface area (Å²) in [5.74, 6) is 1.12. The van der Waals surface area contributed by atoms with Crippen molar-refractivity contribution >= 4 is 5.97 Å². The molecule has 0 aliphatic heterocycles. The van der Waals surface area contributed by atoms with Crippen LogP contribution in [0.2, 0.25) is 0 Å². The van der Waals surface area contributed by atoms with Gasteiger partial charge >= 0.3 is 5.97 Å². The van der Waals surface area contributed by atoms with Crippen LogP contribution in [0.3, 0.4) is 0 Å². The number of rotatable bonds is 2. The number of esters is 1. The number of nitrogens with two attached hydrogens (primary N) is 1. The van der Waals surface area contributed by atoms with E-state index in [0.29, 0.717) is 5.92 Å². The van der Waals surface area contributed by atoms with E-state index in [4.69, 9.17) is 10.5 Å². The van der Waals surface area contributed by atoms with Gasteiger partial charge in [0.2, 0.25) is 0 Å². The van der Waals surface area contributed by atoms with Gasteiger partial charge < -0.3 is 10.5 Å². The summed E-state index contributed by atoms with van der Waals surface area (Å²) < 4.78 is 5.53. The van der Waals surface area contributed by atoms with Gasteiger partial charge in [0.1, 0.15) is 12.1 Å². The molecule has 0 heterocycles. The Morgan fingerprint density at radius 2 is 1.82 bits per heavy atom. The van der Waals surface area contributed by atoms with Gasteiger partial charge in [-0.2, -0.15) is 0 Å². The lowest BCUT2D eigenvalue weighted by atomic mass is 9.80. The molecule has 1 aliphatic rings. The molecule has 0 aromatic carbocycles. The van der Waals surface area contributed by atoms with E-state index in [1.807, 2.05) is 20.8 Å². The molecule has 1 fully saturated rings. The zero-order valence-electron chi connectivity index (χ0n) is 11.8. The molecular formula is C14H27NO2. The molecule has 4 atom stereocenters. The van der Waals surface area contributed by atoms with Crippen molar-refractivity contribution in [1.82, 2.24) is 0 Å². The molecule has 0 saturated heterocycles. The first-order chi connectivity index (χ1) is 7.71. The maximum absolute atomic E-state index is 11.9. The van der Waals surface area contributed by atoms with E-state index in [1.54, 1.807) is 0 Å². The molecule has 1 saturated carbocycles. The summed E-state index contributed by atoms with van der Waals surface area (Å²) in [6.07, 6.45) is 3.17. The molecule has 3 unspecified atom stereocenters. The van der Waals surface area contributed by atoms with Crippen LogP contribution in [0.5, 0.6) is 0 Å². The molecular weight excluding hydrogens is 214 g/mol. The van der Waals surface area contributed by atoms with E-state index in [9.17, 15) is 4.79 Å². The molecule has 0 amide bonds. The van der Waals surface area contributed by atoms with Gasteiger partial charge in [0.15, 0.2) is 0 Å². The van der Waals surface area contributed by atoms with Crippen LogP contribution in [0.4, 0.5) is 0 Å². The summed E-state index contributed by atoms with van der Waals surface area (Å²) >= 11 is 0. The first kappa shape index (κ1) is 14.5. The fourth-order valence-electron chi connectivity index (χ4n) is 2.20. The van der Waals surface area contributed by atoms with Crippen molar-refractivity contribution in [2.45, 2.75) is 66.0 Å². The smallest absolute Gasteiger partial charge is 0.323 e. The van der Waals surface area contributed by atoms with E-state index in [2.05, 4.69) is 13.8 Å². The Bertz CT molecular complexity index is 270. The molecule has 1 rings (SSSR count). The Kier molecular flexibility index (Phi) is 4.59. The Balaban J connectivity index is 2.47. The average molecular weight is 241 g/mol. The van der Waals surface area contributed by atoms with Gasteiger partial charge in [0.25, 0.3) is 0 Å². The van der Waals surface area contributed by atoms with Crippen LogP contribution in [0.1, 0.15) is 53.9 Å². The molecule has 17 heavy (non-hydrogen) atoms. The second-order valence-electron chi connectivity index (χ2n) is 6.67. The van der Waals surface area contributed by atoms with Gasteiger partial charge in [0, 0.05) is 0 Å². The molecule has 0 radical (unpaired) electrons. The van der Waals surface area contributed by atoms with Crippen LogP contribution in [0.15, 0.2) is 0 Å². The highest BCUT2D eigenvalue weighted by atomic mass is 16.5. The van der Waals surface area contributed by atoms with Crippen molar-refractivity contribution in [2.24, 2.45) is 23.0 Å². The van der Waals surface area contributed by atoms with Crippen molar-refractivity contribution in [1.29, 1.82) is 0 Å². The summed E-state index contributed by atoms with van der Waals surface area (Å²) in [4.78, 5) is 11.9. The van der Waals surface area contributed by atoms with E-state index < -0.39 is 6.04 Å². The largest absolute Gasteiger partial charge is 0.461 e. The van der Waals surface area contributed by atoms with Gasteiger partial charge in [-0.05, 0) is 36.5 Å². The Morgan fingerprint density at radius 3 is 2.29 bits per heavy atom. The minimum absolute atomic E-state index is 0.0714. The Hall–Kier alpha value is -0.570. The van der Waals surface area contributed by atoms with Crippen molar-refractivity contribution in [2.75, 3.05) is 0 Å². The van der Waals surface area contributed by atoms with Gasteiger partial charge in [-0.25, -0.2) is 0 Å². The molecule has 2 N–H and O–H groups in total. The van der Waals surface area contributed by atoms with Gasteiger partial charge in [-0.3, -0.25) is 4.79 Å². The van der Waals surface area contributed by atoms with Crippen molar-refractivity contribution in [3.05, 3.63) is 0 Å². The highest BCUT2D eigenvalue weighted by molar-refractivity contribution is 5.76. The molecule has 1 aliphatic carbocycles. The summed E-state index contributed by atoms with van der Waals surface area (Å²) in [5.41, 5.74) is 5.67. The lowest BCUT2D eigenvalue weighted by molar-refractivity contribution is -0.156. The summed E-state index contributed by atoms with van der Waals surface area (Å²) in [7, 11) is 0. The average Bonchev–Trinajstić information content (AvgIpc) is 2.21. The van der Waals surface area contributed by atoms with Gasteiger partial charge in [-0.15, -0.1) is 0 Å². The van der Waals surface area contributed by atoms with E-state index in [0.717, 1.165) is 25.2 Å². The van der Waals surface area contributed by atoms with Crippen LogP contribution < -0.4 is 5.73 Å². The monoisotopic (exact) mass is 241 g/mol. The third-order valence-electron chi connectivity index (χ3n) is 4.02. The van der Waals surface area contributed by atoms with E-state index >= 15 is 0 Å². The van der Waals surface area contributed by atoms with Crippen LogP contribution >= 0.6 is 0 Å². The number of carbonyl (C=O) groups excluding carboxylic acids is 1. The molecule has 3 nitrogen and oxygen atoms in total. The fraction of sp³-hybridized carbons (Fsp3) is 0.929. The minimum Gasteiger partial charge on any atom is -0.461 e. The van der Waals surface area contributed by atoms with Crippen LogP contribution in [0, 0.1) is 17.3 Å². The Labute approximate surface area is 105 Å². The van der Waals surface area contributed by atoms with Gasteiger partial charge in [-0.1, -0.05) is 34.6 Å². The number of ether oxygens (including phenoxy) is 1. The number of hydrogen-bond acceptors (Lipinski definition) is 3. The van der Waals surface area contributed by atoms with Gasteiger partial charge in [0.05, 0.1) is 0 Å². The standard InChI is InChI=1S/C14H27NO2/c1-9-6-7-11(8-10(9)2)17-13(16)12(15)14(3,4)5/h9-12H,6-8,15H2,1-5H3/t9?,10?,11?,12-/m0/s1. The van der Waals surface area contributed by atoms with Crippen LogP contribution in [0.25, 0.3) is 0 Å². The molecule has 3 heteroatoms. The maximum Gasteiger partial charge on any atom is 0.323 e. The molecule has 0 aromatic rings. The van der Waals surface area contributed by atoms with Crippen LogP contribution in [-0.4, -0.2) is 18.1 Å². The summed E-state index contributed by atoms with van der Waals surface area (Å²) in [6.45, 7) is 10.4. The fourth-order valence-corrected chi connectivity index (χ4v) is 2.20. The normalized spacial score (nSPS) is 32.0. The predicted molar refractivity (Wildman–Crippen MR) is 69.5 cm³/mol.